The number of methoxy groups -OCH3 is 1. The third-order valence-electron chi connectivity index (χ3n) is 4.10. The molecule has 0 fully saturated rings. The first-order valence-electron chi connectivity index (χ1n) is 8.25. The molecule has 9 heteroatoms. The van der Waals surface area contributed by atoms with Gasteiger partial charge in [0.1, 0.15) is 17.6 Å². The number of pyridine rings is 1. The van der Waals surface area contributed by atoms with Crippen LogP contribution in [0, 0.1) is 0 Å². The molecule has 0 aliphatic rings. The summed E-state index contributed by atoms with van der Waals surface area (Å²) >= 11 is 0. The second kappa shape index (κ2) is 8.62. The van der Waals surface area contributed by atoms with E-state index in [0.717, 1.165) is 16.9 Å². The predicted molar refractivity (Wildman–Crippen MR) is 99.7 cm³/mol. The highest BCUT2D eigenvalue weighted by atomic mass is 35.5. The van der Waals surface area contributed by atoms with Crippen molar-refractivity contribution in [3.05, 3.63) is 48.7 Å². The minimum Gasteiger partial charge on any atom is -1.00 e. The largest absolute Gasteiger partial charge is 1.00 e. The van der Waals surface area contributed by atoms with Crippen molar-refractivity contribution in [1.29, 1.82) is 0 Å². The topological polar surface area (TPSA) is 76.9 Å². The van der Waals surface area contributed by atoms with E-state index in [9.17, 15) is 9.59 Å². The van der Waals surface area contributed by atoms with Gasteiger partial charge in [0, 0.05) is 31.8 Å². The van der Waals surface area contributed by atoms with E-state index in [2.05, 4.69) is 10.1 Å². The van der Waals surface area contributed by atoms with E-state index in [1.165, 1.54) is 12.0 Å². The molecule has 0 spiro atoms. The van der Waals surface area contributed by atoms with Gasteiger partial charge in [-0.3, -0.25) is 4.57 Å². The summed E-state index contributed by atoms with van der Waals surface area (Å²) in [5.41, 5.74) is 2.76. The number of hydrogen-bond acceptors (Lipinski definition) is 4. The van der Waals surface area contributed by atoms with E-state index in [1.807, 2.05) is 46.5 Å². The lowest BCUT2D eigenvalue weighted by molar-refractivity contribution is -0.494. The number of carbonyl (C=O) groups excluding carboxylic acids is 2. The standard InChI is InChI=1S/C19H20N4O4.ClH/c1-21(2)19(25)27-14-10-8-13(9-11-14)15-12-23-16(20-18(24)26-4)6-5-7-17(23)22(15)3;/h5-12H,1-4H3;1H. The molecule has 28 heavy (non-hydrogen) atoms. The van der Waals surface area contributed by atoms with E-state index in [0.29, 0.717) is 11.6 Å². The van der Waals surface area contributed by atoms with E-state index in [1.54, 1.807) is 32.3 Å². The van der Waals surface area contributed by atoms with Gasteiger partial charge in [0.05, 0.1) is 14.2 Å². The van der Waals surface area contributed by atoms with Crippen LogP contribution < -0.4 is 26.9 Å². The maximum Gasteiger partial charge on any atom is 0.473 e. The highest BCUT2D eigenvalue weighted by Gasteiger charge is 2.18. The molecular formula is C19H21ClN4O4. The molecule has 3 aromatic rings. The quantitative estimate of drug-likeness (QED) is 0.607. The highest BCUT2D eigenvalue weighted by Crippen LogP contribution is 2.23. The molecule has 2 heterocycles. The van der Waals surface area contributed by atoms with E-state index < -0.39 is 12.2 Å². The van der Waals surface area contributed by atoms with Crippen molar-refractivity contribution < 1.29 is 35.9 Å². The van der Waals surface area contributed by atoms with Crippen molar-refractivity contribution >= 4 is 23.7 Å². The number of aromatic nitrogens is 2. The van der Waals surface area contributed by atoms with Gasteiger partial charge >= 0.3 is 12.2 Å². The normalized spacial score (nSPS) is 10.1. The number of fused-ring (bicyclic) bond motifs is 1. The molecular weight excluding hydrogens is 384 g/mol. The molecule has 0 saturated carbocycles. The monoisotopic (exact) mass is 404 g/mol. The lowest BCUT2D eigenvalue weighted by atomic mass is 10.1. The molecule has 0 unspecified atom stereocenters. The van der Waals surface area contributed by atoms with Crippen molar-refractivity contribution in [2.75, 3.05) is 26.5 Å². The van der Waals surface area contributed by atoms with Crippen LogP contribution in [0.3, 0.4) is 0 Å². The first-order valence-corrected chi connectivity index (χ1v) is 8.25. The highest BCUT2D eigenvalue weighted by molar-refractivity contribution is 5.82. The van der Waals surface area contributed by atoms with Crippen LogP contribution in [0.15, 0.2) is 48.7 Å². The average Bonchev–Trinajstić information content (AvgIpc) is 3.00. The van der Waals surface area contributed by atoms with E-state index in [-0.39, 0.29) is 12.4 Å². The van der Waals surface area contributed by atoms with Crippen LogP contribution in [0.2, 0.25) is 0 Å². The Kier molecular flexibility index (Phi) is 6.48. The van der Waals surface area contributed by atoms with Crippen LogP contribution >= 0.6 is 0 Å². The zero-order chi connectivity index (χ0) is 19.6. The second-order valence-electron chi connectivity index (χ2n) is 6.12. The number of anilines is 1. The van der Waals surface area contributed by atoms with Crippen LogP contribution in [0.5, 0.6) is 5.75 Å². The molecule has 0 aliphatic carbocycles. The number of rotatable bonds is 3. The zero-order valence-corrected chi connectivity index (χ0v) is 16.7. The summed E-state index contributed by atoms with van der Waals surface area (Å²) in [7, 11) is 6.51. The molecule has 3 rings (SSSR count). The summed E-state index contributed by atoms with van der Waals surface area (Å²) in [6.07, 6.45) is 0.954. The lowest BCUT2D eigenvalue weighted by Gasteiger charge is -2.10. The van der Waals surface area contributed by atoms with Crippen LogP contribution in [-0.2, 0) is 11.8 Å². The summed E-state index contributed by atoms with van der Waals surface area (Å²) in [5, 5.41) is 2.69. The number of aryl methyl sites for hydroxylation is 1. The minimum absolute atomic E-state index is 0. The first kappa shape index (κ1) is 21.0. The van der Waals surface area contributed by atoms with Crippen molar-refractivity contribution in [2.45, 2.75) is 0 Å². The Labute approximate surface area is 168 Å². The Morgan fingerprint density at radius 3 is 2.39 bits per heavy atom. The number of benzene rings is 1. The molecule has 0 aliphatic heterocycles. The van der Waals surface area contributed by atoms with Gasteiger partial charge in [-0.25, -0.2) is 19.3 Å². The Morgan fingerprint density at radius 2 is 1.79 bits per heavy atom. The van der Waals surface area contributed by atoms with Gasteiger partial charge < -0.3 is 26.8 Å². The van der Waals surface area contributed by atoms with Crippen molar-refractivity contribution in [3.8, 4) is 17.0 Å². The maximum absolute atomic E-state index is 11.6. The molecule has 0 bridgehead atoms. The van der Waals surface area contributed by atoms with E-state index >= 15 is 0 Å². The predicted octanol–water partition coefficient (Wildman–Crippen LogP) is -0.326. The Morgan fingerprint density at radius 1 is 1.11 bits per heavy atom. The molecule has 0 saturated heterocycles. The first-order chi connectivity index (χ1) is 12.9. The Bertz CT molecular complexity index is 999. The molecule has 8 nitrogen and oxygen atoms in total. The van der Waals surface area contributed by atoms with Crippen LogP contribution in [-0.4, -0.2) is 42.9 Å². The molecule has 2 amide bonds. The lowest BCUT2D eigenvalue weighted by Crippen LogP contribution is -3.00. The molecule has 148 valence electrons. The summed E-state index contributed by atoms with van der Waals surface area (Å²) in [6, 6.07) is 12.8. The Hall–Kier alpha value is -3.26. The molecule has 0 radical (unpaired) electrons. The number of imidazole rings is 1. The van der Waals surface area contributed by atoms with Gasteiger partial charge in [-0.15, -0.1) is 0 Å². The number of nitrogens with one attached hydrogen (secondary N) is 1. The SMILES string of the molecule is COC(=O)Nc1cccc2n(C)c(-c3ccc(OC(=O)N(C)C)cc3)c[n+]12.[Cl-]. The van der Waals surface area contributed by atoms with Gasteiger partial charge in [-0.05, 0) is 30.3 Å². The fraction of sp³-hybridized carbons (Fsp3) is 0.211. The van der Waals surface area contributed by atoms with Crippen molar-refractivity contribution in [2.24, 2.45) is 7.05 Å². The second-order valence-corrected chi connectivity index (χ2v) is 6.12. The molecule has 1 aromatic carbocycles. The number of hydrogen-bond donors (Lipinski definition) is 1. The van der Waals surface area contributed by atoms with Gasteiger partial charge in [-0.1, -0.05) is 0 Å². The fourth-order valence-corrected chi connectivity index (χ4v) is 2.66. The van der Waals surface area contributed by atoms with Gasteiger partial charge in [0.15, 0.2) is 0 Å². The third kappa shape index (κ3) is 4.17. The van der Waals surface area contributed by atoms with Crippen LogP contribution in [0.4, 0.5) is 15.4 Å². The molecule has 1 N–H and O–H groups in total. The zero-order valence-electron chi connectivity index (χ0n) is 16.0. The molecule has 0 atom stereocenters. The molecule has 2 aromatic heterocycles. The summed E-state index contributed by atoms with van der Waals surface area (Å²) in [6.45, 7) is 0. The minimum atomic E-state index is -0.535. The number of ether oxygens (including phenoxy) is 2. The third-order valence-corrected chi connectivity index (χ3v) is 4.10. The smallest absolute Gasteiger partial charge is 0.473 e. The number of carbonyl (C=O) groups is 2. The number of nitrogens with zero attached hydrogens (tertiary/aromatic N) is 3. The summed E-state index contributed by atoms with van der Waals surface area (Å²) in [5.74, 6) is 1.06. The number of halogens is 1. The van der Waals surface area contributed by atoms with Gasteiger partial charge in [0.2, 0.25) is 11.5 Å². The fourth-order valence-electron chi connectivity index (χ4n) is 2.66. The van der Waals surface area contributed by atoms with Gasteiger partial charge in [0.25, 0.3) is 0 Å². The van der Waals surface area contributed by atoms with Crippen molar-refractivity contribution in [3.63, 3.8) is 0 Å². The van der Waals surface area contributed by atoms with E-state index in [4.69, 9.17) is 4.74 Å². The van der Waals surface area contributed by atoms with Crippen LogP contribution in [0.25, 0.3) is 16.9 Å². The summed E-state index contributed by atoms with van der Waals surface area (Å²) in [4.78, 5) is 24.6. The summed E-state index contributed by atoms with van der Waals surface area (Å²) < 4.78 is 13.8. The maximum atomic E-state index is 11.6. The number of amides is 2. The average molecular weight is 405 g/mol. The van der Waals surface area contributed by atoms with Gasteiger partial charge in [-0.2, -0.15) is 0 Å². The van der Waals surface area contributed by atoms with Crippen LogP contribution in [0.1, 0.15) is 0 Å². The van der Waals surface area contributed by atoms with Crippen molar-refractivity contribution in [1.82, 2.24) is 9.47 Å². The Balaban J connectivity index is 0.00000280.